The molecule has 2 N–H and O–H groups in total. The largest absolute Gasteiger partial charge is 0.355 e. The minimum Gasteiger partial charge on any atom is -0.355 e. The summed E-state index contributed by atoms with van der Waals surface area (Å²) in [7, 11) is -3.60. The van der Waals surface area contributed by atoms with E-state index in [0.29, 0.717) is 12.1 Å². The monoisotopic (exact) mass is 406 g/mol. The Bertz CT molecular complexity index is 853. The smallest absolute Gasteiger partial charge is 0.240 e. The average Bonchev–Trinajstić information content (AvgIpc) is 2.64. The SMILES string of the molecule is Cc1ccc(C)c(S(=O)(=O)NCCC(=O)NCCSCc2ccccc2)c1. The summed E-state index contributed by atoms with van der Waals surface area (Å²) in [6.45, 7) is 4.26. The van der Waals surface area contributed by atoms with E-state index in [1.807, 2.05) is 31.2 Å². The second-order valence-electron chi connectivity index (χ2n) is 6.30. The third-order valence-corrected chi connectivity index (χ3v) is 6.59. The molecule has 0 radical (unpaired) electrons. The summed E-state index contributed by atoms with van der Waals surface area (Å²) in [5.41, 5.74) is 2.83. The predicted molar refractivity (Wildman–Crippen MR) is 111 cm³/mol. The van der Waals surface area contributed by atoms with Crippen LogP contribution in [-0.2, 0) is 20.6 Å². The lowest BCUT2D eigenvalue weighted by Crippen LogP contribution is -2.32. The predicted octanol–water partition coefficient (Wildman–Crippen LogP) is 3.02. The highest BCUT2D eigenvalue weighted by atomic mass is 32.2. The van der Waals surface area contributed by atoms with Crippen LogP contribution < -0.4 is 10.0 Å². The summed E-state index contributed by atoms with van der Waals surface area (Å²) in [4.78, 5) is 12.1. The molecule has 2 aromatic rings. The highest BCUT2D eigenvalue weighted by Crippen LogP contribution is 2.16. The zero-order valence-electron chi connectivity index (χ0n) is 15.7. The lowest BCUT2D eigenvalue weighted by molar-refractivity contribution is -0.120. The maximum atomic E-state index is 12.4. The van der Waals surface area contributed by atoms with Gasteiger partial charge in [0.05, 0.1) is 4.90 Å². The number of carbonyl (C=O) groups is 1. The standard InChI is InChI=1S/C20H26N2O3S2/c1-16-8-9-17(2)19(14-16)27(24,25)22-11-10-20(23)21-12-13-26-15-18-6-4-3-5-7-18/h3-9,14,22H,10-13,15H2,1-2H3,(H,21,23). The van der Waals surface area contributed by atoms with Gasteiger partial charge < -0.3 is 5.32 Å². The first-order valence-corrected chi connectivity index (χ1v) is 11.5. The maximum absolute atomic E-state index is 12.4. The Labute approximate surface area is 166 Å². The minimum atomic E-state index is -3.60. The van der Waals surface area contributed by atoms with Gasteiger partial charge in [0.25, 0.3) is 0 Å². The third kappa shape index (κ3) is 7.36. The highest BCUT2D eigenvalue weighted by molar-refractivity contribution is 7.98. The van der Waals surface area contributed by atoms with Gasteiger partial charge in [-0.25, -0.2) is 13.1 Å². The summed E-state index contributed by atoms with van der Waals surface area (Å²) in [5.74, 6) is 1.57. The second-order valence-corrected chi connectivity index (χ2v) is 9.15. The van der Waals surface area contributed by atoms with Gasteiger partial charge in [-0.3, -0.25) is 4.79 Å². The summed E-state index contributed by atoms with van der Waals surface area (Å²) < 4.78 is 27.3. The second kappa shape index (κ2) is 10.5. The number of amides is 1. The molecule has 0 bridgehead atoms. The molecule has 0 aliphatic heterocycles. The van der Waals surface area contributed by atoms with E-state index >= 15 is 0 Å². The van der Waals surface area contributed by atoms with Gasteiger partial charge in [-0.1, -0.05) is 42.5 Å². The number of rotatable bonds is 10. The van der Waals surface area contributed by atoms with Crippen molar-refractivity contribution in [3.63, 3.8) is 0 Å². The summed E-state index contributed by atoms with van der Waals surface area (Å²) in [5, 5.41) is 2.82. The Balaban J connectivity index is 1.66. The van der Waals surface area contributed by atoms with Crippen molar-refractivity contribution < 1.29 is 13.2 Å². The van der Waals surface area contributed by atoms with Gasteiger partial charge in [-0.15, -0.1) is 0 Å². The molecule has 27 heavy (non-hydrogen) atoms. The van der Waals surface area contributed by atoms with Gasteiger partial charge in [0.1, 0.15) is 0 Å². The third-order valence-electron chi connectivity index (χ3n) is 3.96. The van der Waals surface area contributed by atoms with Gasteiger partial charge in [0.15, 0.2) is 0 Å². The first kappa shape index (κ1) is 21.5. The van der Waals surface area contributed by atoms with Crippen LogP contribution >= 0.6 is 11.8 Å². The Morgan fingerprint density at radius 2 is 1.78 bits per heavy atom. The van der Waals surface area contributed by atoms with Crippen LogP contribution in [0.4, 0.5) is 0 Å². The molecule has 2 aromatic carbocycles. The van der Waals surface area contributed by atoms with Crippen molar-refractivity contribution >= 4 is 27.7 Å². The van der Waals surface area contributed by atoms with Crippen molar-refractivity contribution in [2.45, 2.75) is 30.9 Å². The number of hydrogen-bond acceptors (Lipinski definition) is 4. The van der Waals surface area contributed by atoms with Crippen molar-refractivity contribution in [2.24, 2.45) is 0 Å². The van der Waals surface area contributed by atoms with E-state index in [1.54, 1.807) is 30.8 Å². The molecule has 0 unspecified atom stereocenters. The topological polar surface area (TPSA) is 75.3 Å². The van der Waals surface area contributed by atoms with Crippen LogP contribution in [-0.4, -0.2) is 33.2 Å². The fourth-order valence-electron chi connectivity index (χ4n) is 2.49. The molecule has 0 heterocycles. The van der Waals surface area contributed by atoms with Crippen LogP contribution in [0, 0.1) is 13.8 Å². The fourth-order valence-corrected chi connectivity index (χ4v) is 4.67. The molecule has 0 spiro atoms. The Hall–Kier alpha value is -1.83. The van der Waals surface area contributed by atoms with Crippen molar-refractivity contribution in [1.29, 1.82) is 0 Å². The molecule has 146 valence electrons. The molecule has 0 saturated carbocycles. The van der Waals surface area contributed by atoms with E-state index in [-0.39, 0.29) is 23.8 Å². The molecule has 0 atom stereocenters. The Morgan fingerprint density at radius 1 is 1.04 bits per heavy atom. The number of benzene rings is 2. The van der Waals surface area contributed by atoms with Crippen molar-refractivity contribution in [3.8, 4) is 0 Å². The van der Waals surface area contributed by atoms with Crippen LogP contribution in [0.25, 0.3) is 0 Å². The first-order valence-electron chi connectivity index (χ1n) is 8.84. The summed E-state index contributed by atoms with van der Waals surface area (Å²) in [6.07, 6.45) is 0.118. The van der Waals surface area contributed by atoms with Crippen LogP contribution in [0.5, 0.6) is 0 Å². The van der Waals surface area contributed by atoms with Crippen LogP contribution in [0.15, 0.2) is 53.4 Å². The van der Waals surface area contributed by atoms with Gasteiger partial charge in [0.2, 0.25) is 15.9 Å². The van der Waals surface area contributed by atoms with Gasteiger partial charge in [-0.05, 0) is 36.6 Å². The fraction of sp³-hybridized carbons (Fsp3) is 0.350. The Morgan fingerprint density at radius 3 is 2.52 bits per heavy atom. The van der Waals surface area contributed by atoms with Gasteiger partial charge in [0, 0.05) is 31.0 Å². The lowest BCUT2D eigenvalue weighted by atomic mass is 10.2. The zero-order chi connectivity index (χ0) is 19.7. The number of sulfonamides is 1. The van der Waals surface area contributed by atoms with Gasteiger partial charge >= 0.3 is 0 Å². The maximum Gasteiger partial charge on any atom is 0.240 e. The quantitative estimate of drug-likeness (QED) is 0.595. The van der Waals surface area contributed by atoms with Crippen LogP contribution in [0.1, 0.15) is 23.1 Å². The number of aryl methyl sites for hydroxylation is 2. The van der Waals surface area contributed by atoms with E-state index in [1.165, 1.54) is 5.56 Å². The molecular formula is C20H26N2O3S2. The summed E-state index contributed by atoms with van der Waals surface area (Å²) >= 11 is 1.75. The van der Waals surface area contributed by atoms with E-state index in [9.17, 15) is 13.2 Å². The average molecular weight is 407 g/mol. The molecule has 0 aliphatic rings. The number of hydrogen-bond donors (Lipinski definition) is 2. The van der Waals surface area contributed by atoms with Crippen molar-refractivity contribution in [2.75, 3.05) is 18.8 Å². The molecule has 5 nitrogen and oxygen atoms in total. The molecule has 0 aliphatic carbocycles. The van der Waals surface area contributed by atoms with Gasteiger partial charge in [-0.2, -0.15) is 11.8 Å². The van der Waals surface area contributed by atoms with Crippen LogP contribution in [0.3, 0.4) is 0 Å². The summed E-state index contributed by atoms with van der Waals surface area (Å²) in [6, 6.07) is 15.5. The van der Waals surface area contributed by atoms with E-state index in [4.69, 9.17) is 0 Å². The molecule has 7 heteroatoms. The minimum absolute atomic E-state index is 0.0821. The van der Waals surface area contributed by atoms with E-state index in [0.717, 1.165) is 17.1 Å². The Kier molecular flexibility index (Phi) is 8.34. The number of thioether (sulfide) groups is 1. The zero-order valence-corrected chi connectivity index (χ0v) is 17.3. The molecular weight excluding hydrogens is 380 g/mol. The first-order chi connectivity index (χ1) is 12.9. The molecule has 1 amide bonds. The van der Waals surface area contributed by atoms with E-state index < -0.39 is 10.0 Å². The van der Waals surface area contributed by atoms with E-state index in [2.05, 4.69) is 22.2 Å². The van der Waals surface area contributed by atoms with Crippen molar-refractivity contribution in [1.82, 2.24) is 10.0 Å². The molecule has 0 aromatic heterocycles. The number of nitrogens with one attached hydrogen (secondary N) is 2. The highest BCUT2D eigenvalue weighted by Gasteiger charge is 2.16. The number of carbonyl (C=O) groups excluding carboxylic acids is 1. The molecule has 2 rings (SSSR count). The van der Waals surface area contributed by atoms with Crippen LogP contribution in [0.2, 0.25) is 0 Å². The lowest BCUT2D eigenvalue weighted by Gasteiger charge is -2.10. The molecule has 0 fully saturated rings. The normalized spacial score (nSPS) is 11.3. The van der Waals surface area contributed by atoms with Crippen molar-refractivity contribution in [3.05, 3.63) is 65.2 Å². The molecule has 0 saturated heterocycles.